The molecule has 0 bridgehead atoms. The van der Waals surface area contributed by atoms with Crippen LogP contribution in [0.3, 0.4) is 0 Å². The van der Waals surface area contributed by atoms with Crippen molar-refractivity contribution in [3.05, 3.63) is 58.9 Å². The number of amides is 2. The Bertz CT molecular complexity index is 797. The van der Waals surface area contributed by atoms with Gasteiger partial charge in [0.25, 0.3) is 0 Å². The Balaban J connectivity index is 1.64. The fourth-order valence-corrected chi connectivity index (χ4v) is 3.10. The lowest BCUT2D eigenvalue weighted by Crippen LogP contribution is -2.44. The number of rotatable bonds is 5. The molecule has 2 N–H and O–H groups in total. The Labute approximate surface area is 158 Å². The van der Waals surface area contributed by atoms with Crippen LogP contribution in [0, 0.1) is 11.7 Å². The topological polar surface area (TPSA) is 78.4 Å². The van der Waals surface area contributed by atoms with Crippen molar-refractivity contribution in [1.82, 2.24) is 20.2 Å². The molecule has 1 aromatic carbocycles. The van der Waals surface area contributed by atoms with Gasteiger partial charge in [0.1, 0.15) is 11.6 Å². The van der Waals surface area contributed by atoms with Crippen molar-refractivity contribution < 1.29 is 14.3 Å². The van der Waals surface area contributed by atoms with E-state index in [-0.39, 0.29) is 30.4 Å². The Hall–Kier alpha value is -2.54. The van der Waals surface area contributed by atoms with Crippen molar-refractivity contribution in [3.8, 4) is 0 Å². The molecule has 3 rings (SSSR count). The van der Waals surface area contributed by atoms with Gasteiger partial charge in [-0.25, -0.2) is 19.2 Å². The summed E-state index contributed by atoms with van der Waals surface area (Å²) in [6.45, 7) is 4.94. The molecule has 2 atom stereocenters. The second kappa shape index (κ2) is 8.43. The van der Waals surface area contributed by atoms with E-state index in [1.807, 2.05) is 20.0 Å². The molecule has 0 spiro atoms. The lowest BCUT2D eigenvalue weighted by Gasteiger charge is -2.29. The number of aromatic nitrogens is 2. The molecule has 1 aromatic heterocycles. The van der Waals surface area contributed by atoms with Crippen molar-refractivity contribution in [3.63, 3.8) is 0 Å². The summed E-state index contributed by atoms with van der Waals surface area (Å²) in [5.74, 6) is 0.496. The Kier molecular flexibility index (Phi) is 6.01. The number of nitrogens with one attached hydrogen (secondary N) is 1. The van der Waals surface area contributed by atoms with Crippen LogP contribution in [0.15, 0.2) is 30.5 Å². The maximum absolute atomic E-state index is 13.1. The molecule has 0 fully saturated rings. The van der Waals surface area contributed by atoms with Gasteiger partial charge in [-0.1, -0.05) is 19.1 Å². The molecule has 0 aliphatic carbocycles. The highest BCUT2D eigenvalue weighted by Gasteiger charge is 2.24. The minimum absolute atomic E-state index is 0.0935. The van der Waals surface area contributed by atoms with Gasteiger partial charge in [-0.3, -0.25) is 0 Å². The SMILES string of the molecule is C[C@@H](CO)Cc1ncc2c(n1)CN(C(=O)N[C@H](C)c1ccc(F)cc1)CC2. The van der Waals surface area contributed by atoms with Gasteiger partial charge in [0.15, 0.2) is 0 Å². The summed E-state index contributed by atoms with van der Waals surface area (Å²) in [4.78, 5) is 23.3. The number of hydrogen-bond donors (Lipinski definition) is 2. The molecule has 0 radical (unpaired) electrons. The highest BCUT2D eigenvalue weighted by molar-refractivity contribution is 5.75. The minimum atomic E-state index is -0.295. The highest BCUT2D eigenvalue weighted by Crippen LogP contribution is 2.19. The molecular weight excluding hydrogens is 347 g/mol. The van der Waals surface area contributed by atoms with Crippen molar-refractivity contribution in [2.75, 3.05) is 13.2 Å². The summed E-state index contributed by atoms with van der Waals surface area (Å²) in [7, 11) is 0. The van der Waals surface area contributed by atoms with E-state index in [9.17, 15) is 14.3 Å². The highest BCUT2D eigenvalue weighted by atomic mass is 19.1. The predicted octanol–water partition coefficient (Wildman–Crippen LogP) is 2.62. The third-order valence-corrected chi connectivity index (χ3v) is 4.84. The van der Waals surface area contributed by atoms with E-state index < -0.39 is 0 Å². The van der Waals surface area contributed by atoms with Crippen molar-refractivity contribution >= 4 is 6.03 Å². The van der Waals surface area contributed by atoms with Gasteiger partial charge in [-0.05, 0) is 42.5 Å². The lowest BCUT2D eigenvalue weighted by molar-refractivity contribution is 0.188. The molecule has 2 aromatic rings. The molecule has 0 unspecified atom stereocenters. The zero-order chi connectivity index (χ0) is 19.4. The number of nitrogens with zero attached hydrogens (tertiary/aromatic N) is 3. The number of carbonyl (C=O) groups is 1. The predicted molar refractivity (Wildman–Crippen MR) is 99.4 cm³/mol. The van der Waals surface area contributed by atoms with Crippen LogP contribution in [0.2, 0.25) is 0 Å². The largest absolute Gasteiger partial charge is 0.396 e. The molecule has 2 heterocycles. The molecule has 0 saturated heterocycles. The van der Waals surface area contributed by atoms with Crippen LogP contribution in [-0.4, -0.2) is 39.2 Å². The van der Waals surface area contributed by atoms with Gasteiger partial charge < -0.3 is 15.3 Å². The van der Waals surface area contributed by atoms with Crippen molar-refractivity contribution in [2.24, 2.45) is 5.92 Å². The van der Waals surface area contributed by atoms with E-state index in [0.29, 0.717) is 31.8 Å². The fraction of sp³-hybridized carbons (Fsp3) is 0.450. The van der Waals surface area contributed by atoms with E-state index in [4.69, 9.17) is 0 Å². The summed E-state index contributed by atoms with van der Waals surface area (Å²) in [6.07, 6.45) is 3.15. The van der Waals surface area contributed by atoms with E-state index in [2.05, 4.69) is 15.3 Å². The second-order valence-electron chi connectivity index (χ2n) is 7.14. The van der Waals surface area contributed by atoms with Crippen molar-refractivity contribution in [1.29, 1.82) is 0 Å². The molecule has 1 aliphatic rings. The van der Waals surface area contributed by atoms with Crippen LogP contribution in [0.1, 0.15) is 42.5 Å². The molecule has 144 valence electrons. The van der Waals surface area contributed by atoms with Crippen molar-refractivity contribution in [2.45, 2.75) is 39.3 Å². The fourth-order valence-electron chi connectivity index (χ4n) is 3.10. The number of benzene rings is 1. The van der Waals surface area contributed by atoms with Gasteiger partial charge in [-0.15, -0.1) is 0 Å². The first-order chi connectivity index (χ1) is 13.0. The summed E-state index contributed by atoms with van der Waals surface area (Å²) in [6, 6.07) is 5.75. The summed E-state index contributed by atoms with van der Waals surface area (Å²) >= 11 is 0. The maximum atomic E-state index is 13.1. The molecular formula is C20H25FN4O2. The molecule has 2 amide bonds. The first-order valence-electron chi connectivity index (χ1n) is 9.21. The third kappa shape index (κ3) is 4.80. The summed E-state index contributed by atoms with van der Waals surface area (Å²) in [5, 5.41) is 12.2. The zero-order valence-corrected chi connectivity index (χ0v) is 15.7. The number of aliphatic hydroxyl groups is 1. The lowest BCUT2D eigenvalue weighted by atomic mass is 10.1. The number of aliphatic hydroxyl groups excluding tert-OH is 1. The van der Waals surface area contributed by atoms with E-state index in [1.165, 1.54) is 12.1 Å². The Morgan fingerprint density at radius 3 is 2.78 bits per heavy atom. The number of urea groups is 1. The average molecular weight is 372 g/mol. The van der Waals surface area contributed by atoms with Crippen LogP contribution in [0.4, 0.5) is 9.18 Å². The van der Waals surface area contributed by atoms with Gasteiger partial charge in [-0.2, -0.15) is 0 Å². The minimum Gasteiger partial charge on any atom is -0.396 e. The summed E-state index contributed by atoms with van der Waals surface area (Å²) in [5.41, 5.74) is 2.77. The van der Waals surface area contributed by atoms with Gasteiger partial charge in [0.05, 0.1) is 18.3 Å². The van der Waals surface area contributed by atoms with Crippen LogP contribution >= 0.6 is 0 Å². The van der Waals surface area contributed by atoms with Crippen LogP contribution in [-0.2, 0) is 19.4 Å². The van der Waals surface area contributed by atoms with E-state index in [1.54, 1.807) is 17.0 Å². The first kappa shape index (κ1) is 19.2. The monoisotopic (exact) mass is 372 g/mol. The molecule has 6 nitrogen and oxygen atoms in total. The quantitative estimate of drug-likeness (QED) is 0.846. The number of halogens is 1. The van der Waals surface area contributed by atoms with E-state index >= 15 is 0 Å². The van der Waals surface area contributed by atoms with Gasteiger partial charge >= 0.3 is 6.03 Å². The van der Waals surface area contributed by atoms with Crippen LogP contribution in [0.25, 0.3) is 0 Å². The molecule has 1 aliphatic heterocycles. The molecule has 7 heteroatoms. The molecule has 27 heavy (non-hydrogen) atoms. The number of fused-ring (bicyclic) bond motifs is 1. The molecule has 0 saturated carbocycles. The normalized spacial score (nSPS) is 15.8. The number of hydrogen-bond acceptors (Lipinski definition) is 4. The zero-order valence-electron chi connectivity index (χ0n) is 15.7. The summed E-state index contributed by atoms with van der Waals surface area (Å²) < 4.78 is 13.1. The van der Waals surface area contributed by atoms with Crippen LogP contribution < -0.4 is 5.32 Å². The average Bonchev–Trinajstić information content (AvgIpc) is 2.67. The van der Waals surface area contributed by atoms with Gasteiger partial charge in [0.2, 0.25) is 0 Å². The second-order valence-corrected chi connectivity index (χ2v) is 7.14. The maximum Gasteiger partial charge on any atom is 0.318 e. The van der Waals surface area contributed by atoms with Gasteiger partial charge in [0, 0.05) is 25.8 Å². The Morgan fingerprint density at radius 1 is 1.33 bits per heavy atom. The smallest absolute Gasteiger partial charge is 0.318 e. The third-order valence-electron chi connectivity index (χ3n) is 4.84. The first-order valence-corrected chi connectivity index (χ1v) is 9.21. The standard InChI is InChI=1S/C20H25FN4O2/c1-13(12-26)9-19-22-10-16-7-8-25(11-18(16)24-19)20(27)23-14(2)15-3-5-17(21)6-4-15/h3-6,10,13-14,26H,7-9,11-12H2,1-2H3,(H,23,27)/t13-,14-/m1/s1. The Morgan fingerprint density at radius 2 is 2.07 bits per heavy atom. The van der Waals surface area contributed by atoms with E-state index in [0.717, 1.165) is 16.8 Å². The van der Waals surface area contributed by atoms with Crippen LogP contribution in [0.5, 0.6) is 0 Å². The number of carbonyl (C=O) groups excluding carboxylic acids is 1.